The van der Waals surface area contributed by atoms with E-state index in [0.29, 0.717) is 17.7 Å². The number of halogens is 1. The zero-order valence-corrected chi connectivity index (χ0v) is 22.0. The molecule has 0 aromatic heterocycles. The van der Waals surface area contributed by atoms with Crippen LogP contribution in [0.25, 0.3) is 0 Å². The van der Waals surface area contributed by atoms with Crippen LogP contribution in [0.1, 0.15) is 12.0 Å². The van der Waals surface area contributed by atoms with Crippen molar-refractivity contribution in [2.24, 2.45) is 16.6 Å². The average molecular weight is 565 g/mol. The Morgan fingerprint density at radius 1 is 0.972 bits per heavy atom. The number of hydrogen-bond donors (Lipinski definition) is 2. The van der Waals surface area contributed by atoms with Crippen LogP contribution in [0, 0.1) is 6.92 Å². The van der Waals surface area contributed by atoms with Crippen molar-refractivity contribution >= 4 is 38.5 Å². The summed E-state index contributed by atoms with van der Waals surface area (Å²) in [5, 5.41) is 3.40. The lowest BCUT2D eigenvalue weighted by Crippen LogP contribution is -2.41. The van der Waals surface area contributed by atoms with Gasteiger partial charge in [0.25, 0.3) is 0 Å². The smallest absolute Gasteiger partial charge is 0.340 e. The van der Waals surface area contributed by atoms with Gasteiger partial charge in [0.1, 0.15) is 27.9 Å². The number of guanidine groups is 1. The van der Waals surface area contributed by atoms with E-state index < -0.39 is 25.0 Å². The van der Waals surface area contributed by atoms with Gasteiger partial charge in [-0.2, -0.15) is 12.7 Å². The molecular formula is C21H29ClN4O8S2. The van der Waals surface area contributed by atoms with Crippen molar-refractivity contribution in [3.63, 3.8) is 0 Å². The predicted octanol–water partition coefficient (Wildman–Crippen LogP) is 1.18. The highest BCUT2D eigenvalue weighted by Crippen LogP contribution is 2.32. The molecular weight excluding hydrogens is 536 g/mol. The number of oxime groups is 1. The monoisotopic (exact) mass is 564 g/mol. The van der Waals surface area contributed by atoms with Crippen LogP contribution in [0.2, 0.25) is 0 Å². The van der Waals surface area contributed by atoms with Gasteiger partial charge in [0.2, 0.25) is 16.0 Å². The van der Waals surface area contributed by atoms with Gasteiger partial charge in [0.15, 0.2) is 0 Å². The summed E-state index contributed by atoms with van der Waals surface area (Å²) >= 11 is 0. The van der Waals surface area contributed by atoms with Crippen molar-refractivity contribution in [3.05, 3.63) is 48.0 Å². The Morgan fingerprint density at radius 2 is 1.61 bits per heavy atom. The molecule has 0 amide bonds. The molecule has 0 aliphatic carbocycles. The molecule has 200 valence electrons. The summed E-state index contributed by atoms with van der Waals surface area (Å²) in [6.07, 6.45) is 0.465. The van der Waals surface area contributed by atoms with Crippen molar-refractivity contribution in [3.8, 4) is 11.5 Å². The average Bonchev–Trinajstić information content (AvgIpc) is 2.83. The minimum Gasteiger partial charge on any atom is -0.493 e. The standard InChI is InChI=1S/C21H28N4O8S2.ClH/c1-16-17(31-12-5-13-32-24-21(22)23)6-4-7-18(16)33-35(28,29)20-9-3-2-8-19(20)34(26,27)25-10-14-30-15-11-25;/h2-4,6-9H,5,10-15H2,1H3,(H4,22,23,24);1H. The summed E-state index contributed by atoms with van der Waals surface area (Å²) in [4.78, 5) is 4.07. The zero-order valence-electron chi connectivity index (χ0n) is 19.5. The number of morpholine rings is 1. The van der Waals surface area contributed by atoms with E-state index in [1.807, 2.05) is 0 Å². The third-order valence-electron chi connectivity index (χ3n) is 4.95. The molecule has 1 aliphatic rings. The summed E-state index contributed by atoms with van der Waals surface area (Å²) in [6.45, 7) is 2.83. The van der Waals surface area contributed by atoms with Crippen LogP contribution < -0.4 is 20.4 Å². The summed E-state index contributed by atoms with van der Waals surface area (Å²) < 4.78 is 70.1. The number of rotatable bonds is 11. The molecule has 2 aromatic carbocycles. The zero-order chi connectivity index (χ0) is 25.5. The second-order valence-electron chi connectivity index (χ2n) is 7.43. The summed E-state index contributed by atoms with van der Waals surface area (Å²) in [7, 11) is -8.58. The molecule has 0 saturated carbocycles. The van der Waals surface area contributed by atoms with E-state index in [1.165, 1.54) is 34.6 Å². The van der Waals surface area contributed by atoms with Gasteiger partial charge in [-0.05, 0) is 36.3 Å². The van der Waals surface area contributed by atoms with Gasteiger partial charge in [-0.25, -0.2) is 8.42 Å². The largest absolute Gasteiger partial charge is 0.493 e. The van der Waals surface area contributed by atoms with E-state index in [2.05, 4.69) is 5.16 Å². The van der Waals surface area contributed by atoms with Crippen LogP contribution in [0.4, 0.5) is 0 Å². The first-order valence-electron chi connectivity index (χ1n) is 10.7. The minimum absolute atomic E-state index is 0. The Bertz CT molecular complexity index is 1260. The van der Waals surface area contributed by atoms with Crippen LogP contribution in [0.5, 0.6) is 11.5 Å². The lowest BCUT2D eigenvalue weighted by atomic mass is 10.2. The molecule has 0 unspecified atom stereocenters. The van der Waals surface area contributed by atoms with Crippen LogP contribution in [0.15, 0.2) is 57.4 Å². The van der Waals surface area contributed by atoms with Gasteiger partial charge >= 0.3 is 10.1 Å². The van der Waals surface area contributed by atoms with Gasteiger partial charge < -0.3 is 30.0 Å². The molecule has 0 bridgehead atoms. The third kappa shape index (κ3) is 7.36. The molecule has 1 aliphatic heterocycles. The van der Waals surface area contributed by atoms with Gasteiger partial charge in [-0.1, -0.05) is 18.2 Å². The molecule has 36 heavy (non-hydrogen) atoms. The second-order valence-corrected chi connectivity index (χ2v) is 10.9. The molecule has 15 heteroatoms. The molecule has 0 atom stereocenters. The first kappa shape index (κ1) is 29.5. The SMILES string of the molecule is Cc1c(OCCCON=C(N)N)cccc1OS(=O)(=O)c1ccccc1S(=O)(=O)N1CCOCC1.Cl. The minimum atomic E-state index is -4.50. The molecule has 3 rings (SSSR count). The number of nitrogens with two attached hydrogens (primary N) is 2. The highest BCUT2D eigenvalue weighted by Gasteiger charge is 2.33. The Balaban J connectivity index is 0.00000456. The third-order valence-corrected chi connectivity index (χ3v) is 8.33. The van der Waals surface area contributed by atoms with E-state index >= 15 is 0 Å². The van der Waals surface area contributed by atoms with E-state index in [9.17, 15) is 16.8 Å². The molecule has 1 heterocycles. The van der Waals surface area contributed by atoms with Crippen molar-refractivity contribution in [1.29, 1.82) is 0 Å². The van der Waals surface area contributed by atoms with Gasteiger partial charge in [0.05, 0.1) is 19.8 Å². The molecule has 4 N–H and O–H groups in total. The Labute approximate surface area is 216 Å². The maximum absolute atomic E-state index is 13.2. The molecule has 1 saturated heterocycles. The van der Waals surface area contributed by atoms with Crippen molar-refractivity contribution in [2.45, 2.75) is 23.1 Å². The van der Waals surface area contributed by atoms with Crippen molar-refractivity contribution in [2.75, 3.05) is 39.5 Å². The molecule has 2 aromatic rings. The summed E-state index contributed by atoms with van der Waals surface area (Å²) in [6, 6.07) is 10.0. The van der Waals surface area contributed by atoms with Crippen molar-refractivity contribution < 1.29 is 35.3 Å². The fraction of sp³-hybridized carbons (Fsp3) is 0.381. The van der Waals surface area contributed by atoms with E-state index in [1.54, 1.807) is 19.1 Å². The number of hydrogen-bond acceptors (Lipinski definition) is 9. The van der Waals surface area contributed by atoms with Gasteiger partial charge in [-0.3, -0.25) is 0 Å². The first-order valence-corrected chi connectivity index (χ1v) is 13.5. The maximum atomic E-state index is 13.2. The first-order chi connectivity index (χ1) is 16.6. The quantitative estimate of drug-likeness (QED) is 0.133. The molecule has 1 fully saturated rings. The fourth-order valence-electron chi connectivity index (χ4n) is 3.23. The van der Waals surface area contributed by atoms with E-state index in [-0.39, 0.29) is 68.5 Å². The van der Waals surface area contributed by atoms with E-state index in [4.69, 9.17) is 30.0 Å². The lowest BCUT2D eigenvalue weighted by molar-refractivity contribution is 0.0729. The number of ether oxygens (including phenoxy) is 2. The molecule has 0 spiro atoms. The summed E-state index contributed by atoms with van der Waals surface area (Å²) in [5.41, 5.74) is 10.8. The highest BCUT2D eigenvalue weighted by molar-refractivity contribution is 7.91. The maximum Gasteiger partial charge on any atom is 0.340 e. The number of sulfonamides is 1. The normalized spacial score (nSPS) is 14.4. The fourth-order valence-corrected chi connectivity index (χ4v) is 6.39. The summed E-state index contributed by atoms with van der Waals surface area (Å²) in [5.74, 6) is 0.221. The van der Waals surface area contributed by atoms with Crippen LogP contribution in [-0.2, 0) is 29.7 Å². The van der Waals surface area contributed by atoms with Crippen LogP contribution >= 0.6 is 12.4 Å². The second kappa shape index (κ2) is 13.0. The Hall–Kier alpha value is -2.78. The van der Waals surface area contributed by atoms with Crippen molar-refractivity contribution in [1.82, 2.24) is 4.31 Å². The highest BCUT2D eigenvalue weighted by atomic mass is 35.5. The van der Waals surface area contributed by atoms with Gasteiger partial charge in [-0.15, -0.1) is 12.4 Å². The Morgan fingerprint density at radius 3 is 2.28 bits per heavy atom. The Kier molecular flexibility index (Phi) is 10.6. The molecule has 12 nitrogen and oxygen atoms in total. The van der Waals surface area contributed by atoms with Crippen LogP contribution in [-0.4, -0.2) is 66.6 Å². The van der Waals surface area contributed by atoms with Crippen LogP contribution in [0.3, 0.4) is 0 Å². The topological polar surface area (TPSA) is 173 Å². The lowest BCUT2D eigenvalue weighted by Gasteiger charge is -2.26. The number of nitrogens with zero attached hydrogens (tertiary/aromatic N) is 2. The predicted molar refractivity (Wildman–Crippen MR) is 134 cm³/mol. The number of benzene rings is 2. The van der Waals surface area contributed by atoms with Gasteiger partial charge in [0, 0.05) is 25.1 Å². The molecule has 0 radical (unpaired) electrons. The van der Waals surface area contributed by atoms with E-state index in [0.717, 1.165) is 0 Å².